The molecule has 3 heteroatoms. The second kappa shape index (κ2) is 5.85. The minimum absolute atomic E-state index is 0.231. The molecule has 90 valence electrons. The number of benzene rings is 1. The zero-order valence-corrected chi connectivity index (χ0v) is 10.2. The van der Waals surface area contributed by atoms with Crippen LogP contribution in [0.15, 0.2) is 24.3 Å². The number of hydrogen-bond donors (Lipinski definition) is 1. The van der Waals surface area contributed by atoms with Gasteiger partial charge in [0.05, 0.1) is 6.10 Å². The minimum atomic E-state index is -0.356. The molecule has 1 atom stereocenters. The zero-order valence-electron chi connectivity index (χ0n) is 10.2. The lowest BCUT2D eigenvalue weighted by molar-refractivity contribution is 0.131. The van der Waals surface area contributed by atoms with E-state index in [0.29, 0.717) is 6.54 Å². The molecule has 1 N–H and O–H groups in total. The van der Waals surface area contributed by atoms with Crippen molar-refractivity contribution in [3.8, 4) is 0 Å². The summed E-state index contributed by atoms with van der Waals surface area (Å²) in [4.78, 5) is 2.05. The summed E-state index contributed by atoms with van der Waals surface area (Å²) in [6.45, 7) is 7.39. The van der Waals surface area contributed by atoms with E-state index in [4.69, 9.17) is 0 Å². The SMILES string of the molecule is CCN(CC(O)C(C)C)c1ccc(F)cc1. The van der Waals surface area contributed by atoms with E-state index in [1.54, 1.807) is 12.1 Å². The van der Waals surface area contributed by atoms with Crippen molar-refractivity contribution >= 4 is 5.69 Å². The Balaban J connectivity index is 2.70. The van der Waals surface area contributed by atoms with Gasteiger partial charge in [-0.05, 0) is 37.1 Å². The first-order valence-corrected chi connectivity index (χ1v) is 5.73. The molecule has 1 unspecified atom stereocenters. The monoisotopic (exact) mass is 225 g/mol. The number of anilines is 1. The maximum Gasteiger partial charge on any atom is 0.123 e. The highest BCUT2D eigenvalue weighted by molar-refractivity contribution is 5.46. The average molecular weight is 225 g/mol. The van der Waals surface area contributed by atoms with E-state index in [0.717, 1.165) is 12.2 Å². The van der Waals surface area contributed by atoms with Gasteiger partial charge >= 0.3 is 0 Å². The van der Waals surface area contributed by atoms with Crippen LogP contribution in [-0.2, 0) is 0 Å². The third-order valence-corrected chi connectivity index (χ3v) is 2.75. The number of nitrogens with zero attached hydrogens (tertiary/aromatic N) is 1. The predicted octanol–water partition coefficient (Wildman–Crippen LogP) is 2.67. The van der Waals surface area contributed by atoms with Crippen molar-refractivity contribution in [3.63, 3.8) is 0 Å². The van der Waals surface area contributed by atoms with Crippen molar-refractivity contribution in [1.82, 2.24) is 0 Å². The standard InChI is InChI=1S/C13H20FNO/c1-4-15(9-13(16)10(2)3)12-7-5-11(14)6-8-12/h5-8,10,13,16H,4,9H2,1-3H3. The summed E-state index contributed by atoms with van der Waals surface area (Å²) in [6, 6.07) is 6.37. The largest absolute Gasteiger partial charge is 0.391 e. The summed E-state index contributed by atoms with van der Waals surface area (Å²) < 4.78 is 12.8. The maximum absolute atomic E-state index is 12.8. The van der Waals surface area contributed by atoms with Gasteiger partial charge in [0.25, 0.3) is 0 Å². The number of hydrogen-bond acceptors (Lipinski definition) is 2. The van der Waals surface area contributed by atoms with E-state index in [1.807, 2.05) is 25.7 Å². The van der Waals surface area contributed by atoms with Crippen molar-refractivity contribution in [2.75, 3.05) is 18.0 Å². The molecular formula is C13H20FNO. The van der Waals surface area contributed by atoms with E-state index in [9.17, 15) is 9.50 Å². The van der Waals surface area contributed by atoms with Crippen molar-refractivity contribution < 1.29 is 9.50 Å². The van der Waals surface area contributed by atoms with Crippen molar-refractivity contribution in [2.24, 2.45) is 5.92 Å². The molecule has 2 nitrogen and oxygen atoms in total. The molecule has 1 rings (SSSR count). The summed E-state index contributed by atoms with van der Waals surface area (Å²) >= 11 is 0. The lowest BCUT2D eigenvalue weighted by Gasteiger charge is -2.27. The van der Waals surface area contributed by atoms with Crippen LogP contribution in [0.4, 0.5) is 10.1 Å². The van der Waals surface area contributed by atoms with Gasteiger partial charge in [-0.15, -0.1) is 0 Å². The van der Waals surface area contributed by atoms with Crippen LogP contribution in [-0.4, -0.2) is 24.3 Å². The molecule has 0 aliphatic carbocycles. The molecule has 0 spiro atoms. The van der Waals surface area contributed by atoms with Crippen LogP contribution in [0.2, 0.25) is 0 Å². The van der Waals surface area contributed by atoms with Gasteiger partial charge in [-0.3, -0.25) is 0 Å². The Morgan fingerprint density at radius 1 is 1.25 bits per heavy atom. The van der Waals surface area contributed by atoms with Gasteiger partial charge < -0.3 is 10.0 Å². The van der Waals surface area contributed by atoms with Gasteiger partial charge in [-0.1, -0.05) is 13.8 Å². The first-order chi connectivity index (χ1) is 7.54. The molecule has 0 aromatic heterocycles. The molecule has 0 heterocycles. The minimum Gasteiger partial charge on any atom is -0.391 e. The van der Waals surface area contributed by atoms with Gasteiger partial charge in [0, 0.05) is 18.8 Å². The Bertz CT molecular complexity index is 310. The van der Waals surface area contributed by atoms with Crippen molar-refractivity contribution in [3.05, 3.63) is 30.1 Å². The second-order valence-corrected chi connectivity index (χ2v) is 4.33. The molecule has 1 aromatic carbocycles. The van der Waals surface area contributed by atoms with Crippen LogP contribution in [0.5, 0.6) is 0 Å². The van der Waals surface area contributed by atoms with Crippen LogP contribution in [0.25, 0.3) is 0 Å². The molecule has 0 fully saturated rings. The maximum atomic E-state index is 12.8. The smallest absolute Gasteiger partial charge is 0.123 e. The fraction of sp³-hybridized carbons (Fsp3) is 0.538. The Kier molecular flexibility index (Phi) is 4.74. The predicted molar refractivity (Wildman–Crippen MR) is 65.1 cm³/mol. The fourth-order valence-electron chi connectivity index (χ4n) is 1.51. The van der Waals surface area contributed by atoms with Crippen LogP contribution in [0.1, 0.15) is 20.8 Å². The lowest BCUT2D eigenvalue weighted by atomic mass is 10.1. The molecule has 0 amide bonds. The molecule has 0 saturated carbocycles. The van der Waals surface area contributed by atoms with Crippen LogP contribution < -0.4 is 4.90 Å². The van der Waals surface area contributed by atoms with Gasteiger partial charge in [-0.25, -0.2) is 4.39 Å². The molecule has 0 aliphatic heterocycles. The molecule has 0 aliphatic rings. The Morgan fingerprint density at radius 2 is 1.81 bits per heavy atom. The third-order valence-electron chi connectivity index (χ3n) is 2.75. The van der Waals surface area contributed by atoms with Gasteiger partial charge in [0.1, 0.15) is 5.82 Å². The summed E-state index contributed by atoms with van der Waals surface area (Å²) in [5, 5.41) is 9.83. The second-order valence-electron chi connectivity index (χ2n) is 4.33. The van der Waals surface area contributed by atoms with E-state index < -0.39 is 0 Å². The van der Waals surface area contributed by atoms with E-state index in [2.05, 4.69) is 0 Å². The molecule has 1 aromatic rings. The molecule has 0 bridgehead atoms. The number of likely N-dealkylation sites (N-methyl/N-ethyl adjacent to an activating group) is 1. The summed E-state index contributed by atoms with van der Waals surface area (Å²) in [6.07, 6.45) is -0.356. The van der Waals surface area contributed by atoms with Crippen LogP contribution >= 0.6 is 0 Å². The van der Waals surface area contributed by atoms with Gasteiger partial charge in [-0.2, -0.15) is 0 Å². The first-order valence-electron chi connectivity index (χ1n) is 5.73. The van der Waals surface area contributed by atoms with Gasteiger partial charge in [0.15, 0.2) is 0 Å². The number of aliphatic hydroxyl groups is 1. The van der Waals surface area contributed by atoms with Crippen molar-refractivity contribution in [1.29, 1.82) is 0 Å². The number of halogens is 1. The first kappa shape index (κ1) is 13.0. The highest BCUT2D eigenvalue weighted by atomic mass is 19.1. The van der Waals surface area contributed by atoms with Gasteiger partial charge in [0.2, 0.25) is 0 Å². The highest BCUT2D eigenvalue weighted by Crippen LogP contribution is 2.16. The summed E-state index contributed by atoms with van der Waals surface area (Å²) in [5.41, 5.74) is 0.948. The topological polar surface area (TPSA) is 23.5 Å². The van der Waals surface area contributed by atoms with Crippen LogP contribution in [0, 0.1) is 11.7 Å². The Hall–Kier alpha value is -1.09. The number of aliphatic hydroxyl groups excluding tert-OH is 1. The Labute approximate surface area is 96.7 Å². The highest BCUT2D eigenvalue weighted by Gasteiger charge is 2.14. The number of rotatable bonds is 5. The van der Waals surface area contributed by atoms with E-state index in [1.165, 1.54) is 12.1 Å². The van der Waals surface area contributed by atoms with E-state index in [-0.39, 0.29) is 17.8 Å². The molecule has 16 heavy (non-hydrogen) atoms. The van der Waals surface area contributed by atoms with Crippen LogP contribution in [0.3, 0.4) is 0 Å². The molecule has 0 saturated heterocycles. The summed E-state index contributed by atoms with van der Waals surface area (Å²) in [5.74, 6) is -0.00119. The Morgan fingerprint density at radius 3 is 2.25 bits per heavy atom. The van der Waals surface area contributed by atoms with E-state index >= 15 is 0 Å². The third kappa shape index (κ3) is 3.49. The molecule has 0 radical (unpaired) electrons. The average Bonchev–Trinajstić information content (AvgIpc) is 2.26. The summed E-state index contributed by atoms with van der Waals surface area (Å²) in [7, 11) is 0. The van der Waals surface area contributed by atoms with Crippen molar-refractivity contribution in [2.45, 2.75) is 26.9 Å². The normalized spacial score (nSPS) is 12.9. The quantitative estimate of drug-likeness (QED) is 0.832. The fourth-order valence-corrected chi connectivity index (χ4v) is 1.51. The zero-order chi connectivity index (χ0) is 12.1. The lowest BCUT2D eigenvalue weighted by Crippen LogP contribution is -2.35. The molecular weight excluding hydrogens is 205 g/mol.